The Kier molecular flexibility index (Phi) is 7.20. The van der Waals surface area contributed by atoms with E-state index in [1.165, 1.54) is 0 Å². The fourth-order valence-electron chi connectivity index (χ4n) is 3.03. The van der Waals surface area contributed by atoms with Gasteiger partial charge in [-0.3, -0.25) is 9.59 Å². The third-order valence-corrected chi connectivity index (χ3v) is 4.46. The summed E-state index contributed by atoms with van der Waals surface area (Å²) in [7, 11) is 0. The minimum Gasteiger partial charge on any atom is -0.343 e. The largest absolute Gasteiger partial charge is 0.343 e. The maximum atomic E-state index is 12.7. The van der Waals surface area contributed by atoms with Crippen LogP contribution in [0.15, 0.2) is 0 Å². The first-order valence-corrected chi connectivity index (χ1v) is 8.55. The molecule has 1 aliphatic heterocycles. The first kappa shape index (κ1) is 18.0. The van der Waals surface area contributed by atoms with Crippen molar-refractivity contribution in [2.75, 3.05) is 6.54 Å². The van der Waals surface area contributed by atoms with Gasteiger partial charge in [0, 0.05) is 6.54 Å². The van der Waals surface area contributed by atoms with E-state index < -0.39 is 0 Å². The first-order chi connectivity index (χ1) is 9.94. The van der Waals surface area contributed by atoms with Crippen LogP contribution in [0.2, 0.25) is 0 Å². The monoisotopic (exact) mass is 296 g/mol. The molecule has 0 saturated carbocycles. The zero-order valence-electron chi connectivity index (χ0n) is 14.3. The van der Waals surface area contributed by atoms with E-state index in [-0.39, 0.29) is 23.9 Å². The Balaban J connectivity index is 2.93. The summed E-state index contributed by atoms with van der Waals surface area (Å²) in [6, 6.07) is -0.605. The van der Waals surface area contributed by atoms with Crippen molar-refractivity contribution in [3.63, 3.8) is 0 Å². The Bertz CT molecular complexity index is 351. The molecule has 4 heteroatoms. The van der Waals surface area contributed by atoms with E-state index in [4.69, 9.17) is 0 Å². The Labute approximate surface area is 129 Å². The van der Waals surface area contributed by atoms with Gasteiger partial charge in [0.2, 0.25) is 11.8 Å². The van der Waals surface area contributed by atoms with E-state index in [1.807, 2.05) is 11.8 Å². The van der Waals surface area contributed by atoms with Gasteiger partial charge < -0.3 is 10.2 Å². The van der Waals surface area contributed by atoms with E-state index in [9.17, 15) is 9.59 Å². The summed E-state index contributed by atoms with van der Waals surface area (Å²) in [4.78, 5) is 27.0. The van der Waals surface area contributed by atoms with Gasteiger partial charge in [-0.15, -0.1) is 0 Å². The molecule has 0 aromatic heterocycles. The molecule has 2 atom stereocenters. The average Bonchev–Trinajstić information content (AvgIpc) is 2.44. The third-order valence-electron chi connectivity index (χ3n) is 4.46. The third kappa shape index (κ3) is 4.72. The molecule has 0 bridgehead atoms. The smallest absolute Gasteiger partial charge is 0.245 e. The fraction of sp³-hybridized carbons (Fsp3) is 0.882. The van der Waals surface area contributed by atoms with Crippen molar-refractivity contribution in [1.29, 1.82) is 0 Å². The predicted octanol–water partition coefficient (Wildman–Crippen LogP) is 2.96. The summed E-state index contributed by atoms with van der Waals surface area (Å²) in [6.45, 7) is 11.3. The molecule has 1 N–H and O–H groups in total. The Morgan fingerprint density at radius 3 is 2.24 bits per heavy atom. The summed E-state index contributed by atoms with van der Waals surface area (Å²) in [5, 5.41) is 2.93. The molecule has 0 radical (unpaired) electrons. The van der Waals surface area contributed by atoms with Gasteiger partial charge in [-0.1, -0.05) is 53.9 Å². The SMILES string of the molecule is CCCC1NC(=O)C(CC(C)C)N(CC(CC)CC)C1=O. The van der Waals surface area contributed by atoms with Crippen molar-refractivity contribution in [3.8, 4) is 0 Å². The molecular weight excluding hydrogens is 264 g/mol. The number of carbonyl (C=O) groups is 2. The number of hydrogen-bond donors (Lipinski definition) is 1. The van der Waals surface area contributed by atoms with E-state index in [2.05, 4.69) is 33.0 Å². The van der Waals surface area contributed by atoms with Crippen molar-refractivity contribution < 1.29 is 9.59 Å². The summed E-state index contributed by atoms with van der Waals surface area (Å²) < 4.78 is 0. The number of nitrogens with zero attached hydrogens (tertiary/aromatic N) is 1. The lowest BCUT2D eigenvalue weighted by Crippen LogP contribution is -2.64. The zero-order chi connectivity index (χ0) is 16.0. The second-order valence-electron chi connectivity index (χ2n) is 6.67. The summed E-state index contributed by atoms with van der Waals surface area (Å²) >= 11 is 0. The van der Waals surface area contributed by atoms with Gasteiger partial charge in [-0.2, -0.15) is 0 Å². The lowest BCUT2D eigenvalue weighted by molar-refractivity contribution is -0.151. The van der Waals surface area contributed by atoms with Gasteiger partial charge in [0.05, 0.1) is 0 Å². The summed E-state index contributed by atoms with van der Waals surface area (Å²) in [5.74, 6) is 1.04. The molecule has 1 heterocycles. The Morgan fingerprint density at radius 1 is 1.14 bits per heavy atom. The number of piperazine rings is 1. The number of carbonyl (C=O) groups excluding carboxylic acids is 2. The van der Waals surface area contributed by atoms with Crippen LogP contribution in [0.25, 0.3) is 0 Å². The van der Waals surface area contributed by atoms with Gasteiger partial charge >= 0.3 is 0 Å². The molecule has 2 unspecified atom stereocenters. The highest BCUT2D eigenvalue weighted by atomic mass is 16.2. The van der Waals surface area contributed by atoms with Crippen molar-refractivity contribution in [2.45, 2.75) is 78.8 Å². The van der Waals surface area contributed by atoms with Gasteiger partial charge in [-0.25, -0.2) is 0 Å². The maximum absolute atomic E-state index is 12.7. The van der Waals surface area contributed by atoms with Crippen LogP contribution in [0.1, 0.15) is 66.7 Å². The molecule has 2 amide bonds. The zero-order valence-corrected chi connectivity index (χ0v) is 14.3. The number of nitrogens with one attached hydrogen (secondary N) is 1. The second kappa shape index (κ2) is 8.40. The summed E-state index contributed by atoms with van der Waals surface area (Å²) in [6.07, 6.45) is 4.49. The van der Waals surface area contributed by atoms with Crippen LogP contribution in [0.5, 0.6) is 0 Å². The van der Waals surface area contributed by atoms with Gasteiger partial charge in [0.25, 0.3) is 0 Å². The molecule has 0 aromatic rings. The molecule has 0 spiro atoms. The van der Waals surface area contributed by atoms with Crippen molar-refractivity contribution in [3.05, 3.63) is 0 Å². The standard InChI is InChI=1S/C17H32N2O2/c1-6-9-14-17(21)19(11-13(7-2)8-3)15(10-12(4)5)16(20)18-14/h12-15H,6-11H2,1-5H3,(H,18,20). The molecule has 0 aromatic carbocycles. The van der Waals surface area contributed by atoms with Crippen LogP contribution in [-0.2, 0) is 9.59 Å². The predicted molar refractivity (Wildman–Crippen MR) is 85.9 cm³/mol. The van der Waals surface area contributed by atoms with E-state index in [1.54, 1.807) is 0 Å². The molecule has 1 aliphatic rings. The molecule has 1 rings (SSSR count). The molecule has 1 fully saturated rings. The number of rotatable bonds is 8. The molecule has 0 aliphatic carbocycles. The molecular formula is C17H32N2O2. The Hall–Kier alpha value is -1.06. The van der Waals surface area contributed by atoms with Crippen molar-refractivity contribution >= 4 is 11.8 Å². The minimum atomic E-state index is -0.319. The second-order valence-corrected chi connectivity index (χ2v) is 6.67. The molecule has 1 saturated heterocycles. The van der Waals surface area contributed by atoms with Crippen LogP contribution >= 0.6 is 0 Å². The highest BCUT2D eigenvalue weighted by Gasteiger charge is 2.40. The van der Waals surface area contributed by atoms with Gasteiger partial charge in [0.15, 0.2) is 0 Å². The van der Waals surface area contributed by atoms with E-state index >= 15 is 0 Å². The lowest BCUT2D eigenvalue weighted by atomic mass is 9.94. The number of hydrogen-bond acceptors (Lipinski definition) is 2. The molecule has 21 heavy (non-hydrogen) atoms. The highest BCUT2D eigenvalue weighted by Crippen LogP contribution is 2.22. The van der Waals surface area contributed by atoms with Crippen molar-refractivity contribution in [2.24, 2.45) is 11.8 Å². The molecule has 122 valence electrons. The fourth-order valence-corrected chi connectivity index (χ4v) is 3.03. The van der Waals surface area contributed by atoms with Crippen LogP contribution in [0.3, 0.4) is 0 Å². The Morgan fingerprint density at radius 2 is 1.76 bits per heavy atom. The normalized spacial score (nSPS) is 23.1. The molecule has 4 nitrogen and oxygen atoms in total. The lowest BCUT2D eigenvalue weighted by Gasteiger charge is -2.41. The van der Waals surface area contributed by atoms with E-state index in [0.717, 1.165) is 38.6 Å². The van der Waals surface area contributed by atoms with Gasteiger partial charge in [-0.05, 0) is 24.7 Å². The van der Waals surface area contributed by atoms with Crippen LogP contribution in [0.4, 0.5) is 0 Å². The highest BCUT2D eigenvalue weighted by molar-refractivity contribution is 5.96. The topological polar surface area (TPSA) is 49.4 Å². The quantitative estimate of drug-likeness (QED) is 0.748. The average molecular weight is 296 g/mol. The maximum Gasteiger partial charge on any atom is 0.245 e. The van der Waals surface area contributed by atoms with Crippen LogP contribution in [0, 0.1) is 11.8 Å². The van der Waals surface area contributed by atoms with Crippen molar-refractivity contribution in [1.82, 2.24) is 10.2 Å². The van der Waals surface area contributed by atoms with Gasteiger partial charge in [0.1, 0.15) is 12.1 Å². The minimum absolute atomic E-state index is 0.0349. The number of amides is 2. The van der Waals surface area contributed by atoms with E-state index in [0.29, 0.717) is 11.8 Å². The first-order valence-electron chi connectivity index (χ1n) is 8.55. The van der Waals surface area contributed by atoms with Crippen LogP contribution < -0.4 is 5.32 Å². The van der Waals surface area contributed by atoms with Crippen LogP contribution in [-0.4, -0.2) is 35.3 Å². The summed E-state index contributed by atoms with van der Waals surface area (Å²) in [5.41, 5.74) is 0.